The Bertz CT molecular complexity index is 974. The van der Waals surface area contributed by atoms with Gasteiger partial charge in [-0.1, -0.05) is 30.3 Å². The van der Waals surface area contributed by atoms with Crippen LogP contribution in [0.3, 0.4) is 0 Å². The average Bonchev–Trinajstić information content (AvgIpc) is 2.78. The highest BCUT2D eigenvalue weighted by atomic mass is 15.1. The van der Waals surface area contributed by atoms with Crippen molar-refractivity contribution in [3.8, 4) is 0 Å². The first-order valence-corrected chi connectivity index (χ1v) is 7.22. The minimum atomic E-state index is -0.0432. The van der Waals surface area contributed by atoms with Crippen molar-refractivity contribution in [2.24, 2.45) is 0 Å². The Morgan fingerprint density at radius 2 is 1.43 bits per heavy atom. The van der Waals surface area contributed by atoms with Crippen molar-refractivity contribution >= 4 is 33.1 Å². The molecule has 0 aliphatic rings. The van der Waals surface area contributed by atoms with Crippen molar-refractivity contribution in [1.29, 1.82) is 0 Å². The van der Waals surface area contributed by atoms with Gasteiger partial charge in [0.1, 0.15) is 5.52 Å². The summed E-state index contributed by atoms with van der Waals surface area (Å²) < 4.78 is 2.29. The molecule has 0 saturated heterocycles. The van der Waals surface area contributed by atoms with Crippen molar-refractivity contribution in [2.75, 3.05) is 0 Å². The molecule has 2 aromatic carbocycles. The molecule has 0 fully saturated rings. The largest absolute Gasteiger partial charge is 0.319 e. The maximum atomic E-state index is 4.88. The van der Waals surface area contributed by atoms with Crippen molar-refractivity contribution in [1.82, 2.24) is 14.5 Å². The van der Waals surface area contributed by atoms with E-state index in [1.54, 1.807) is 0 Å². The van der Waals surface area contributed by atoms with Gasteiger partial charge in [0, 0.05) is 10.9 Å². The molecular formula is C18H17N3. The number of fused-ring (bicyclic) bond motifs is 4. The predicted octanol–water partition coefficient (Wildman–Crippen LogP) is 4.49. The molecule has 0 aliphatic heterocycles. The molecular weight excluding hydrogens is 258 g/mol. The summed E-state index contributed by atoms with van der Waals surface area (Å²) in [6.45, 7) is 6.61. The van der Waals surface area contributed by atoms with E-state index in [4.69, 9.17) is 9.97 Å². The summed E-state index contributed by atoms with van der Waals surface area (Å²) in [6, 6.07) is 16.5. The number of hydrogen-bond acceptors (Lipinski definition) is 2. The molecule has 0 N–H and O–H groups in total. The van der Waals surface area contributed by atoms with Crippen molar-refractivity contribution in [2.45, 2.75) is 26.3 Å². The summed E-state index contributed by atoms with van der Waals surface area (Å²) in [5.41, 5.74) is 4.98. The second-order valence-corrected chi connectivity index (χ2v) is 6.41. The first-order chi connectivity index (χ1) is 10.1. The normalized spacial score (nSPS) is 12.5. The van der Waals surface area contributed by atoms with Crippen molar-refractivity contribution in [3.63, 3.8) is 0 Å². The van der Waals surface area contributed by atoms with E-state index in [-0.39, 0.29) is 5.54 Å². The molecule has 0 saturated carbocycles. The van der Waals surface area contributed by atoms with Gasteiger partial charge in [-0.25, -0.2) is 9.97 Å². The summed E-state index contributed by atoms with van der Waals surface area (Å²) in [4.78, 5) is 9.74. The summed E-state index contributed by atoms with van der Waals surface area (Å²) in [5, 5.41) is 1.17. The smallest absolute Gasteiger partial charge is 0.160 e. The Kier molecular flexibility index (Phi) is 2.37. The summed E-state index contributed by atoms with van der Waals surface area (Å²) >= 11 is 0. The van der Waals surface area contributed by atoms with E-state index < -0.39 is 0 Å². The van der Waals surface area contributed by atoms with Gasteiger partial charge < -0.3 is 4.57 Å². The van der Waals surface area contributed by atoms with Crippen molar-refractivity contribution in [3.05, 3.63) is 48.5 Å². The van der Waals surface area contributed by atoms with E-state index >= 15 is 0 Å². The minimum absolute atomic E-state index is 0.0432. The molecule has 21 heavy (non-hydrogen) atoms. The van der Waals surface area contributed by atoms with Gasteiger partial charge in [0.25, 0.3) is 0 Å². The van der Waals surface area contributed by atoms with E-state index in [2.05, 4.69) is 49.6 Å². The zero-order chi connectivity index (χ0) is 14.6. The second-order valence-electron chi connectivity index (χ2n) is 6.41. The Hall–Kier alpha value is -2.42. The lowest BCUT2D eigenvalue weighted by Gasteiger charge is -2.23. The lowest BCUT2D eigenvalue weighted by atomic mass is 10.1. The van der Waals surface area contributed by atoms with Crippen LogP contribution in [-0.4, -0.2) is 14.5 Å². The molecule has 2 aromatic heterocycles. The Balaban J connectivity index is 2.29. The molecule has 0 radical (unpaired) electrons. The molecule has 104 valence electrons. The first-order valence-electron chi connectivity index (χ1n) is 7.22. The SMILES string of the molecule is CC(C)(C)n1c2ccccc2c2nc3ccccc3nc21. The number of aromatic nitrogens is 3. The molecule has 2 heterocycles. The van der Waals surface area contributed by atoms with Crippen LogP contribution in [0.4, 0.5) is 0 Å². The van der Waals surface area contributed by atoms with Crippen LogP contribution in [0.15, 0.2) is 48.5 Å². The zero-order valence-corrected chi connectivity index (χ0v) is 12.5. The predicted molar refractivity (Wildman–Crippen MR) is 87.5 cm³/mol. The number of benzene rings is 2. The molecule has 3 nitrogen and oxygen atoms in total. The highest BCUT2D eigenvalue weighted by Crippen LogP contribution is 2.32. The quantitative estimate of drug-likeness (QED) is 0.473. The summed E-state index contributed by atoms with van der Waals surface area (Å²) in [6.07, 6.45) is 0. The third kappa shape index (κ3) is 1.74. The molecule has 0 bridgehead atoms. The van der Waals surface area contributed by atoms with Gasteiger partial charge in [0.2, 0.25) is 0 Å². The number of rotatable bonds is 0. The molecule has 0 unspecified atom stereocenters. The van der Waals surface area contributed by atoms with Crippen LogP contribution in [0, 0.1) is 0 Å². The maximum absolute atomic E-state index is 4.88. The zero-order valence-electron chi connectivity index (χ0n) is 12.5. The van der Waals surface area contributed by atoms with Gasteiger partial charge in [0.05, 0.1) is 16.6 Å². The van der Waals surface area contributed by atoms with Crippen molar-refractivity contribution < 1.29 is 0 Å². The van der Waals surface area contributed by atoms with Gasteiger partial charge in [0.15, 0.2) is 5.65 Å². The minimum Gasteiger partial charge on any atom is -0.319 e. The average molecular weight is 275 g/mol. The fourth-order valence-corrected chi connectivity index (χ4v) is 2.99. The maximum Gasteiger partial charge on any atom is 0.160 e. The van der Waals surface area contributed by atoms with Crippen LogP contribution in [-0.2, 0) is 5.54 Å². The first kappa shape index (κ1) is 12.3. The van der Waals surface area contributed by atoms with Crippen LogP contribution < -0.4 is 0 Å². The van der Waals surface area contributed by atoms with Gasteiger partial charge >= 0.3 is 0 Å². The number of nitrogens with zero attached hydrogens (tertiary/aromatic N) is 3. The topological polar surface area (TPSA) is 30.7 Å². The number of hydrogen-bond donors (Lipinski definition) is 0. The summed E-state index contributed by atoms with van der Waals surface area (Å²) in [5.74, 6) is 0. The van der Waals surface area contributed by atoms with Gasteiger partial charge in [-0.2, -0.15) is 0 Å². The third-order valence-corrected chi connectivity index (χ3v) is 3.83. The van der Waals surface area contributed by atoms with Gasteiger partial charge in [-0.3, -0.25) is 0 Å². The van der Waals surface area contributed by atoms with Crippen LogP contribution in [0.5, 0.6) is 0 Å². The lowest BCUT2D eigenvalue weighted by molar-refractivity contribution is 0.421. The Morgan fingerprint density at radius 3 is 2.14 bits per heavy atom. The van der Waals surface area contributed by atoms with Gasteiger partial charge in [-0.15, -0.1) is 0 Å². The monoisotopic (exact) mass is 275 g/mol. The fraction of sp³-hybridized carbons (Fsp3) is 0.222. The highest BCUT2D eigenvalue weighted by Gasteiger charge is 2.22. The molecule has 3 heteroatoms. The van der Waals surface area contributed by atoms with E-state index in [0.717, 1.165) is 22.2 Å². The Morgan fingerprint density at radius 1 is 0.810 bits per heavy atom. The van der Waals surface area contributed by atoms with Crippen LogP contribution in [0.25, 0.3) is 33.1 Å². The van der Waals surface area contributed by atoms with Gasteiger partial charge in [-0.05, 0) is 39.0 Å². The third-order valence-electron chi connectivity index (χ3n) is 3.83. The van der Waals surface area contributed by atoms with E-state index in [1.807, 2.05) is 24.3 Å². The van der Waals surface area contributed by atoms with Crippen LogP contribution >= 0.6 is 0 Å². The molecule has 4 aromatic rings. The van der Waals surface area contributed by atoms with E-state index in [9.17, 15) is 0 Å². The Labute approximate surface area is 123 Å². The molecule has 0 amide bonds. The molecule has 0 atom stereocenters. The lowest BCUT2D eigenvalue weighted by Crippen LogP contribution is -2.21. The number of para-hydroxylation sites is 3. The molecule has 4 rings (SSSR count). The second kappa shape index (κ2) is 4.04. The van der Waals surface area contributed by atoms with Crippen LogP contribution in [0.2, 0.25) is 0 Å². The molecule has 0 spiro atoms. The van der Waals surface area contributed by atoms with E-state index in [1.165, 1.54) is 10.9 Å². The standard InChI is InChI=1S/C18H17N3/c1-18(2,3)21-15-11-7-4-8-12(15)16-17(21)20-14-10-6-5-9-13(14)19-16/h4-11H,1-3H3. The fourth-order valence-electron chi connectivity index (χ4n) is 2.99. The van der Waals surface area contributed by atoms with E-state index in [0.29, 0.717) is 0 Å². The highest BCUT2D eigenvalue weighted by molar-refractivity contribution is 6.06. The summed E-state index contributed by atoms with van der Waals surface area (Å²) in [7, 11) is 0. The van der Waals surface area contributed by atoms with Crippen LogP contribution in [0.1, 0.15) is 20.8 Å². The molecule has 0 aliphatic carbocycles.